The number of hydrogen-bond acceptors (Lipinski definition) is 5. The minimum absolute atomic E-state index is 0.0508. The van der Waals surface area contributed by atoms with Crippen molar-refractivity contribution in [2.24, 2.45) is 0 Å². The Morgan fingerprint density at radius 3 is 2.00 bits per heavy atom. The van der Waals surface area contributed by atoms with Crippen molar-refractivity contribution in [1.29, 1.82) is 0 Å². The van der Waals surface area contributed by atoms with Crippen LogP contribution in [0.4, 0.5) is 5.69 Å². The summed E-state index contributed by atoms with van der Waals surface area (Å²) in [6, 6.07) is 17.2. The molecule has 1 amide bonds. The number of hydrogen-bond donors (Lipinski definition) is 0. The fraction of sp³-hybridized carbons (Fsp3) is 0.240. The van der Waals surface area contributed by atoms with Gasteiger partial charge in [0.1, 0.15) is 11.5 Å². The monoisotopic (exact) mass is 487 g/mol. The molecule has 0 aliphatic rings. The van der Waals surface area contributed by atoms with Crippen LogP contribution in [0, 0.1) is 0 Å². The molecule has 0 aliphatic heterocycles. The van der Waals surface area contributed by atoms with Crippen LogP contribution in [0.5, 0.6) is 11.5 Å². The van der Waals surface area contributed by atoms with E-state index in [1.54, 1.807) is 18.2 Å². The maximum atomic E-state index is 13.6. The quantitative estimate of drug-likeness (QED) is 0.385. The van der Waals surface area contributed by atoms with Gasteiger partial charge in [0, 0.05) is 16.7 Å². The maximum Gasteiger partial charge on any atom is 0.272 e. The van der Waals surface area contributed by atoms with Crippen LogP contribution < -0.4 is 13.8 Å². The number of methoxy groups -OCH3 is 2. The second-order valence-electron chi connectivity index (χ2n) is 7.40. The van der Waals surface area contributed by atoms with E-state index in [4.69, 9.17) is 21.1 Å². The Balaban J connectivity index is 2.13. The molecule has 0 saturated carbocycles. The number of aryl methyl sites for hydroxylation is 1. The summed E-state index contributed by atoms with van der Waals surface area (Å²) in [7, 11) is -1.33. The normalized spacial score (nSPS) is 11.2. The standard InChI is InChI=1S/C25H26ClNO5S/c1-4-5-6-18-7-11-21(12-8-18)27(33(29,30)24-13-9-20(26)10-14-24)25(28)19-15-22(31-2)17-23(16-19)32-3/h7-17H,4-6H2,1-3H3. The summed E-state index contributed by atoms with van der Waals surface area (Å²) in [5.74, 6) is 0.0105. The molecule has 0 bridgehead atoms. The first-order valence-electron chi connectivity index (χ1n) is 10.5. The molecule has 6 nitrogen and oxygen atoms in total. The Kier molecular flexibility index (Phi) is 8.00. The van der Waals surface area contributed by atoms with E-state index in [0.29, 0.717) is 16.5 Å². The van der Waals surface area contributed by atoms with Gasteiger partial charge in [0.05, 0.1) is 24.8 Å². The lowest BCUT2D eigenvalue weighted by Gasteiger charge is -2.23. The third-order valence-corrected chi connectivity index (χ3v) is 7.10. The van der Waals surface area contributed by atoms with Crippen LogP contribution in [0.3, 0.4) is 0 Å². The molecule has 0 atom stereocenters. The molecule has 8 heteroatoms. The Morgan fingerprint density at radius 2 is 1.48 bits per heavy atom. The van der Waals surface area contributed by atoms with Crippen molar-refractivity contribution in [2.45, 2.75) is 31.1 Å². The number of anilines is 1. The number of ether oxygens (including phenoxy) is 2. The van der Waals surface area contributed by atoms with E-state index in [1.807, 2.05) is 12.1 Å². The Labute approximate surface area is 199 Å². The van der Waals surface area contributed by atoms with Gasteiger partial charge in [-0.1, -0.05) is 37.1 Å². The molecule has 174 valence electrons. The summed E-state index contributed by atoms with van der Waals surface area (Å²) in [5, 5.41) is 0.393. The number of sulfonamides is 1. The van der Waals surface area contributed by atoms with Gasteiger partial charge in [-0.05, 0) is 66.9 Å². The summed E-state index contributed by atoms with van der Waals surface area (Å²) in [5.41, 5.74) is 1.41. The Morgan fingerprint density at radius 1 is 0.909 bits per heavy atom. The maximum absolute atomic E-state index is 13.6. The second kappa shape index (κ2) is 10.7. The number of carbonyl (C=O) groups is 1. The highest BCUT2D eigenvalue weighted by atomic mass is 35.5. The molecule has 0 spiro atoms. The van der Waals surface area contributed by atoms with Crippen molar-refractivity contribution >= 4 is 33.2 Å². The van der Waals surface area contributed by atoms with E-state index in [-0.39, 0.29) is 16.1 Å². The van der Waals surface area contributed by atoms with Crippen LogP contribution in [-0.2, 0) is 16.4 Å². The lowest BCUT2D eigenvalue weighted by molar-refractivity contribution is 0.100. The van der Waals surface area contributed by atoms with Crippen molar-refractivity contribution in [3.63, 3.8) is 0 Å². The van der Waals surface area contributed by atoms with Crippen molar-refractivity contribution in [1.82, 2.24) is 0 Å². The molecule has 0 aliphatic carbocycles. The van der Waals surface area contributed by atoms with Crippen LogP contribution in [0.15, 0.2) is 71.6 Å². The Hall–Kier alpha value is -3.03. The average molecular weight is 488 g/mol. The van der Waals surface area contributed by atoms with E-state index in [2.05, 4.69) is 6.92 Å². The molecule has 0 N–H and O–H groups in total. The van der Waals surface area contributed by atoms with E-state index in [0.717, 1.165) is 29.1 Å². The summed E-state index contributed by atoms with van der Waals surface area (Å²) in [6.45, 7) is 2.11. The predicted molar refractivity (Wildman–Crippen MR) is 130 cm³/mol. The Bertz CT molecular complexity index is 1190. The number of carbonyl (C=O) groups excluding carboxylic acids is 1. The van der Waals surface area contributed by atoms with Crippen LogP contribution in [0.25, 0.3) is 0 Å². The topological polar surface area (TPSA) is 72.9 Å². The van der Waals surface area contributed by atoms with Crippen LogP contribution in [-0.4, -0.2) is 28.5 Å². The van der Waals surface area contributed by atoms with E-state index < -0.39 is 15.9 Å². The first-order valence-corrected chi connectivity index (χ1v) is 12.3. The van der Waals surface area contributed by atoms with Gasteiger partial charge < -0.3 is 9.47 Å². The van der Waals surface area contributed by atoms with Gasteiger partial charge in [-0.25, -0.2) is 8.42 Å². The molecule has 0 unspecified atom stereocenters. The summed E-state index contributed by atoms with van der Waals surface area (Å²) in [6.07, 6.45) is 2.95. The summed E-state index contributed by atoms with van der Waals surface area (Å²) >= 11 is 5.94. The highest BCUT2D eigenvalue weighted by Gasteiger charge is 2.32. The molecule has 3 rings (SSSR count). The largest absolute Gasteiger partial charge is 0.497 e. The van der Waals surface area contributed by atoms with Gasteiger partial charge in [0.25, 0.3) is 15.9 Å². The van der Waals surface area contributed by atoms with E-state index >= 15 is 0 Å². The third kappa shape index (κ3) is 5.67. The minimum atomic E-state index is -4.24. The fourth-order valence-corrected chi connectivity index (χ4v) is 4.84. The highest BCUT2D eigenvalue weighted by molar-refractivity contribution is 7.93. The molecule has 0 heterocycles. The van der Waals surface area contributed by atoms with E-state index in [9.17, 15) is 13.2 Å². The van der Waals surface area contributed by atoms with Gasteiger partial charge in [-0.3, -0.25) is 4.79 Å². The number of nitrogens with zero attached hydrogens (tertiary/aromatic N) is 1. The smallest absolute Gasteiger partial charge is 0.272 e. The molecule has 0 radical (unpaired) electrons. The molecular formula is C25H26ClNO5S. The minimum Gasteiger partial charge on any atom is -0.497 e. The lowest BCUT2D eigenvalue weighted by Crippen LogP contribution is -2.37. The molecule has 0 fully saturated rings. The summed E-state index contributed by atoms with van der Waals surface area (Å²) in [4.78, 5) is 13.6. The first kappa shape index (κ1) is 24.6. The average Bonchev–Trinajstić information content (AvgIpc) is 2.83. The van der Waals surface area contributed by atoms with Gasteiger partial charge in [-0.15, -0.1) is 0 Å². The van der Waals surface area contributed by atoms with Crippen LogP contribution in [0.1, 0.15) is 35.7 Å². The van der Waals surface area contributed by atoms with E-state index in [1.165, 1.54) is 50.6 Å². The van der Waals surface area contributed by atoms with Crippen molar-refractivity contribution in [3.05, 3.63) is 82.9 Å². The molecule has 3 aromatic rings. The third-order valence-electron chi connectivity index (χ3n) is 5.12. The number of benzene rings is 3. The number of unbranched alkanes of at least 4 members (excludes halogenated alkanes) is 1. The van der Waals surface area contributed by atoms with Crippen LogP contribution >= 0.6 is 11.6 Å². The molecule has 0 aromatic heterocycles. The van der Waals surface area contributed by atoms with Gasteiger partial charge in [0.2, 0.25) is 0 Å². The van der Waals surface area contributed by atoms with Crippen molar-refractivity contribution in [3.8, 4) is 11.5 Å². The number of amides is 1. The molecule has 33 heavy (non-hydrogen) atoms. The predicted octanol–water partition coefficient (Wildman–Crippen LogP) is 5.74. The first-order chi connectivity index (χ1) is 15.8. The zero-order valence-electron chi connectivity index (χ0n) is 18.7. The van der Waals surface area contributed by atoms with Crippen LogP contribution in [0.2, 0.25) is 5.02 Å². The SMILES string of the molecule is CCCCc1ccc(N(C(=O)c2cc(OC)cc(OC)c2)S(=O)(=O)c2ccc(Cl)cc2)cc1. The van der Waals surface area contributed by atoms with Gasteiger partial charge in [-0.2, -0.15) is 4.31 Å². The highest BCUT2D eigenvalue weighted by Crippen LogP contribution is 2.30. The number of rotatable bonds is 9. The zero-order valence-corrected chi connectivity index (χ0v) is 20.3. The van der Waals surface area contributed by atoms with Gasteiger partial charge in [0.15, 0.2) is 0 Å². The number of halogens is 1. The molecule has 0 saturated heterocycles. The molecule has 3 aromatic carbocycles. The second-order valence-corrected chi connectivity index (χ2v) is 9.62. The van der Waals surface area contributed by atoms with Crippen molar-refractivity contribution < 1.29 is 22.7 Å². The lowest BCUT2D eigenvalue weighted by atomic mass is 10.1. The summed E-state index contributed by atoms with van der Waals surface area (Å²) < 4.78 is 38.6. The van der Waals surface area contributed by atoms with Gasteiger partial charge >= 0.3 is 0 Å². The molecular weight excluding hydrogens is 462 g/mol. The fourth-order valence-electron chi connectivity index (χ4n) is 3.30. The zero-order chi connectivity index (χ0) is 24.0. The van der Waals surface area contributed by atoms with Crippen molar-refractivity contribution in [2.75, 3.05) is 18.5 Å².